The number of methoxy groups -OCH3 is 1. The molecule has 1 aliphatic carbocycles. The monoisotopic (exact) mass is 529 g/mol. The summed E-state index contributed by atoms with van der Waals surface area (Å²) in [4.78, 5) is 29.5. The van der Waals surface area contributed by atoms with Gasteiger partial charge in [0.15, 0.2) is 23.9 Å². The molecule has 10 heteroatoms. The highest BCUT2D eigenvalue weighted by Gasteiger charge is 2.44. The molecular weight excluding hydrogens is 502 g/mol. The lowest BCUT2D eigenvalue weighted by atomic mass is 9.70. The molecular formula is C28H27N5O4S. The number of allylic oxidation sites excluding steroid dienone is 2. The van der Waals surface area contributed by atoms with Gasteiger partial charge in [0.05, 0.1) is 23.3 Å². The Morgan fingerprint density at radius 1 is 1.24 bits per heavy atom. The van der Waals surface area contributed by atoms with E-state index in [0.717, 1.165) is 21.9 Å². The van der Waals surface area contributed by atoms with Gasteiger partial charge in [-0.3, -0.25) is 4.79 Å². The van der Waals surface area contributed by atoms with Crippen molar-refractivity contribution >= 4 is 28.5 Å². The van der Waals surface area contributed by atoms with Gasteiger partial charge in [-0.25, -0.2) is 14.5 Å². The van der Waals surface area contributed by atoms with Crippen LogP contribution in [0.4, 0.5) is 0 Å². The smallest absolute Gasteiger partial charge is 0.228 e. The number of hydrogen-bond acceptors (Lipinski definition) is 9. The molecule has 6 rings (SSSR count). The second-order valence-electron chi connectivity index (χ2n) is 10.3. The maximum Gasteiger partial charge on any atom is 0.228 e. The summed E-state index contributed by atoms with van der Waals surface area (Å²) in [6.07, 6.45) is 2.68. The third-order valence-electron chi connectivity index (χ3n) is 6.83. The van der Waals surface area contributed by atoms with Gasteiger partial charge in [-0.15, -0.1) is 16.4 Å². The summed E-state index contributed by atoms with van der Waals surface area (Å²) in [5.74, 6) is 1.99. The highest BCUT2D eigenvalue weighted by atomic mass is 32.1. The molecule has 0 spiro atoms. The zero-order valence-corrected chi connectivity index (χ0v) is 22.4. The van der Waals surface area contributed by atoms with Crippen LogP contribution in [0.25, 0.3) is 5.65 Å². The number of thiophene rings is 1. The second-order valence-corrected chi connectivity index (χ2v) is 11.2. The molecule has 4 aromatic rings. The minimum Gasteiger partial charge on any atom is -0.497 e. The van der Waals surface area contributed by atoms with Crippen LogP contribution in [0.5, 0.6) is 11.6 Å². The van der Waals surface area contributed by atoms with E-state index >= 15 is 0 Å². The molecule has 3 aromatic heterocycles. The molecule has 0 amide bonds. The van der Waals surface area contributed by atoms with E-state index in [1.165, 1.54) is 0 Å². The van der Waals surface area contributed by atoms with E-state index in [4.69, 9.17) is 19.3 Å². The lowest BCUT2D eigenvalue weighted by Crippen LogP contribution is -2.33. The molecule has 0 radical (unpaired) electrons. The number of ether oxygens (including phenoxy) is 2. The van der Waals surface area contributed by atoms with Crippen LogP contribution in [0.3, 0.4) is 0 Å². The van der Waals surface area contributed by atoms with Crippen molar-refractivity contribution < 1.29 is 19.1 Å². The Labute approximate surface area is 223 Å². The Kier molecular flexibility index (Phi) is 5.98. The normalized spacial score (nSPS) is 18.7. The largest absolute Gasteiger partial charge is 0.497 e. The van der Waals surface area contributed by atoms with Crippen molar-refractivity contribution in [3.8, 4) is 11.6 Å². The van der Waals surface area contributed by atoms with E-state index in [1.807, 2.05) is 48.7 Å². The van der Waals surface area contributed by atoms with Crippen LogP contribution in [0.15, 0.2) is 64.6 Å². The van der Waals surface area contributed by atoms with E-state index in [-0.39, 0.29) is 17.8 Å². The number of ketones is 1. The lowest BCUT2D eigenvalue weighted by Gasteiger charge is -2.37. The molecule has 0 saturated heterocycles. The molecule has 0 fully saturated rings. The van der Waals surface area contributed by atoms with E-state index in [0.29, 0.717) is 47.1 Å². The number of hydrogen-bond donors (Lipinski definition) is 0. The first-order valence-electron chi connectivity index (χ1n) is 12.4. The van der Waals surface area contributed by atoms with Crippen LogP contribution in [0.1, 0.15) is 61.4 Å². The fourth-order valence-corrected chi connectivity index (χ4v) is 5.77. The summed E-state index contributed by atoms with van der Waals surface area (Å²) in [7, 11) is 1.63. The van der Waals surface area contributed by atoms with Gasteiger partial charge in [0, 0.05) is 24.3 Å². The highest BCUT2D eigenvalue weighted by molar-refractivity contribution is 7.12. The standard InChI is InChI=1S/C28H27N5O4S/c1-16(21-6-5-11-38-21)32-36-14-22-30-26-25-23(17-7-9-18(35-4)10-8-17)24-19(34)12-28(2,3)13-20(24)37-27(25)29-15-33(26)31-22/h5-11,15,23H,12-14H2,1-4H3/b32-16-/t23-/m0/s1. The van der Waals surface area contributed by atoms with E-state index in [9.17, 15) is 4.79 Å². The Bertz CT molecular complexity index is 1590. The minimum atomic E-state index is -0.392. The summed E-state index contributed by atoms with van der Waals surface area (Å²) < 4.78 is 13.3. The molecule has 4 heterocycles. The maximum absolute atomic E-state index is 13.5. The first-order valence-corrected chi connectivity index (χ1v) is 13.2. The molecule has 0 saturated carbocycles. The number of fused-ring (bicyclic) bond motifs is 3. The fraction of sp³-hybridized carbons (Fsp3) is 0.321. The van der Waals surface area contributed by atoms with Crippen molar-refractivity contribution in [2.45, 2.75) is 46.1 Å². The number of carbonyl (C=O) groups excluding carboxylic acids is 1. The van der Waals surface area contributed by atoms with E-state index in [1.54, 1.807) is 29.3 Å². The predicted octanol–water partition coefficient (Wildman–Crippen LogP) is 5.30. The minimum absolute atomic E-state index is 0.0752. The van der Waals surface area contributed by atoms with Crippen LogP contribution in [-0.2, 0) is 16.2 Å². The molecule has 9 nitrogen and oxygen atoms in total. The SMILES string of the molecule is COc1ccc([C@H]2C3=C(CC(C)(C)CC3=O)Oc3ncn4nc(CO/N=C(/C)c5cccs5)nc4c32)cc1. The first kappa shape index (κ1) is 24.3. The van der Waals surface area contributed by atoms with Crippen LogP contribution in [-0.4, -0.2) is 38.2 Å². The van der Waals surface area contributed by atoms with Crippen molar-refractivity contribution in [2.24, 2.45) is 10.6 Å². The topological polar surface area (TPSA) is 100 Å². The zero-order valence-electron chi connectivity index (χ0n) is 21.6. The van der Waals surface area contributed by atoms with Gasteiger partial charge in [-0.1, -0.05) is 37.2 Å². The molecule has 194 valence electrons. The van der Waals surface area contributed by atoms with E-state index in [2.05, 4.69) is 29.1 Å². The fourth-order valence-electron chi connectivity index (χ4n) is 5.10. The Morgan fingerprint density at radius 2 is 2.05 bits per heavy atom. The molecule has 1 atom stereocenters. The summed E-state index contributed by atoms with van der Waals surface area (Å²) >= 11 is 1.60. The number of carbonyl (C=O) groups is 1. The van der Waals surface area contributed by atoms with Gasteiger partial charge in [0.1, 0.15) is 17.8 Å². The number of aromatic nitrogens is 4. The Morgan fingerprint density at radius 3 is 2.79 bits per heavy atom. The number of benzene rings is 1. The average molecular weight is 530 g/mol. The van der Waals surface area contributed by atoms with Crippen molar-refractivity contribution in [1.29, 1.82) is 0 Å². The van der Waals surface area contributed by atoms with Crippen LogP contribution in [0.2, 0.25) is 0 Å². The van der Waals surface area contributed by atoms with Gasteiger partial charge in [0.25, 0.3) is 0 Å². The highest BCUT2D eigenvalue weighted by Crippen LogP contribution is 2.50. The summed E-state index contributed by atoms with van der Waals surface area (Å²) in [6, 6.07) is 11.7. The summed E-state index contributed by atoms with van der Waals surface area (Å²) in [5, 5.41) is 10.8. The number of Topliss-reactive ketones (excluding diaryl/α,β-unsaturated/α-hetero) is 1. The summed E-state index contributed by atoms with van der Waals surface area (Å²) in [6.45, 7) is 6.15. The Balaban J connectivity index is 1.42. The molecule has 2 aliphatic rings. The van der Waals surface area contributed by atoms with Gasteiger partial charge in [-0.05, 0) is 41.5 Å². The third kappa shape index (κ3) is 4.34. The van der Waals surface area contributed by atoms with Gasteiger partial charge in [-0.2, -0.15) is 0 Å². The molecule has 38 heavy (non-hydrogen) atoms. The van der Waals surface area contributed by atoms with Crippen molar-refractivity contribution in [2.75, 3.05) is 7.11 Å². The predicted molar refractivity (Wildman–Crippen MR) is 143 cm³/mol. The van der Waals surface area contributed by atoms with Crippen molar-refractivity contribution in [3.63, 3.8) is 0 Å². The number of rotatable bonds is 6. The second kappa shape index (κ2) is 9.36. The van der Waals surface area contributed by atoms with Crippen LogP contribution in [0, 0.1) is 5.41 Å². The van der Waals surface area contributed by atoms with Crippen LogP contribution >= 0.6 is 11.3 Å². The average Bonchev–Trinajstić information content (AvgIpc) is 3.57. The maximum atomic E-state index is 13.5. The number of nitrogens with zero attached hydrogens (tertiary/aromatic N) is 5. The Hall–Kier alpha value is -4.05. The van der Waals surface area contributed by atoms with E-state index < -0.39 is 5.92 Å². The lowest BCUT2D eigenvalue weighted by molar-refractivity contribution is -0.118. The van der Waals surface area contributed by atoms with Crippen LogP contribution < -0.4 is 9.47 Å². The number of oxime groups is 1. The molecule has 0 N–H and O–H groups in total. The summed E-state index contributed by atoms with van der Waals surface area (Å²) in [5.41, 5.74) is 3.47. The third-order valence-corrected chi connectivity index (χ3v) is 7.81. The molecule has 1 aliphatic heterocycles. The quantitative estimate of drug-likeness (QED) is 0.247. The van der Waals surface area contributed by atoms with Crippen molar-refractivity contribution in [1.82, 2.24) is 19.6 Å². The first-order chi connectivity index (χ1) is 18.3. The van der Waals surface area contributed by atoms with Gasteiger partial charge < -0.3 is 14.3 Å². The molecule has 0 unspecified atom stereocenters. The molecule has 1 aromatic carbocycles. The van der Waals surface area contributed by atoms with Gasteiger partial charge in [0.2, 0.25) is 5.88 Å². The van der Waals surface area contributed by atoms with Crippen molar-refractivity contribution in [3.05, 3.63) is 81.3 Å². The van der Waals surface area contributed by atoms with Gasteiger partial charge >= 0.3 is 0 Å². The molecule has 0 bridgehead atoms. The zero-order chi connectivity index (χ0) is 26.4.